The highest BCUT2D eigenvalue weighted by Gasteiger charge is 2.09. The van der Waals surface area contributed by atoms with Gasteiger partial charge in [0.05, 0.1) is 0 Å². The van der Waals surface area contributed by atoms with Crippen LogP contribution < -0.4 is 16.6 Å². The minimum absolute atomic E-state index is 0.220. The van der Waals surface area contributed by atoms with Crippen molar-refractivity contribution in [1.29, 1.82) is 0 Å². The van der Waals surface area contributed by atoms with Gasteiger partial charge in [0, 0.05) is 5.69 Å². The third kappa shape index (κ3) is 3.05. The third-order valence-corrected chi connectivity index (χ3v) is 2.55. The van der Waals surface area contributed by atoms with Crippen LogP contribution >= 0.6 is 0 Å². The summed E-state index contributed by atoms with van der Waals surface area (Å²) >= 11 is 0. The Balaban J connectivity index is 2.18. The van der Waals surface area contributed by atoms with E-state index in [1.54, 1.807) is 31.2 Å². The number of hydrogen-bond donors (Lipinski definition) is 3. The van der Waals surface area contributed by atoms with Gasteiger partial charge in [0.15, 0.2) is 0 Å². The maximum absolute atomic E-state index is 13.1. The zero-order valence-electron chi connectivity index (χ0n) is 10.3. The van der Waals surface area contributed by atoms with E-state index in [0.29, 0.717) is 17.1 Å². The molecule has 4 N–H and O–H groups in total. The molecule has 0 aliphatic carbocycles. The van der Waals surface area contributed by atoms with E-state index >= 15 is 0 Å². The van der Waals surface area contributed by atoms with Gasteiger partial charge in [-0.3, -0.25) is 4.79 Å². The predicted octanol–water partition coefficient (Wildman–Crippen LogP) is 2.07. The molecule has 1 aromatic heterocycles. The molecular weight excluding hydrogens is 247 g/mol. The average Bonchev–Trinajstić information content (AvgIpc) is 2.43. The van der Waals surface area contributed by atoms with E-state index in [2.05, 4.69) is 15.7 Å². The van der Waals surface area contributed by atoms with Gasteiger partial charge in [-0.2, -0.15) is 0 Å². The van der Waals surface area contributed by atoms with Gasteiger partial charge in [-0.05, 0) is 42.8 Å². The van der Waals surface area contributed by atoms with Gasteiger partial charge in [0.25, 0.3) is 5.91 Å². The van der Waals surface area contributed by atoms with Crippen LogP contribution in [-0.4, -0.2) is 10.9 Å². The zero-order chi connectivity index (χ0) is 13.8. The molecule has 0 aliphatic heterocycles. The standard InChI is InChI=1S/C13H13FN4O/c1-8-7-9(5-6-10(8)14)16-13(19)11-3-2-4-12(17-11)18-15/h2-7H,15H2,1H3,(H,16,19)(H,17,18). The van der Waals surface area contributed by atoms with Gasteiger partial charge in [0.1, 0.15) is 17.3 Å². The lowest BCUT2D eigenvalue weighted by Gasteiger charge is -2.07. The highest BCUT2D eigenvalue weighted by molar-refractivity contribution is 6.03. The van der Waals surface area contributed by atoms with Gasteiger partial charge < -0.3 is 10.7 Å². The molecule has 2 rings (SSSR count). The summed E-state index contributed by atoms with van der Waals surface area (Å²) in [6.07, 6.45) is 0. The predicted molar refractivity (Wildman–Crippen MR) is 71.1 cm³/mol. The number of carbonyl (C=O) groups excluding carboxylic acids is 1. The number of nitrogens with two attached hydrogens (primary N) is 1. The summed E-state index contributed by atoms with van der Waals surface area (Å²) in [6.45, 7) is 1.63. The average molecular weight is 260 g/mol. The number of nitrogen functional groups attached to an aromatic ring is 1. The number of nitrogens with zero attached hydrogens (tertiary/aromatic N) is 1. The molecule has 19 heavy (non-hydrogen) atoms. The molecule has 98 valence electrons. The summed E-state index contributed by atoms with van der Waals surface area (Å²) in [5.74, 6) is 4.91. The molecule has 1 aromatic carbocycles. The van der Waals surface area contributed by atoms with Crippen molar-refractivity contribution in [2.24, 2.45) is 5.84 Å². The largest absolute Gasteiger partial charge is 0.321 e. The smallest absolute Gasteiger partial charge is 0.274 e. The molecule has 0 aliphatic rings. The van der Waals surface area contributed by atoms with Crippen molar-refractivity contribution in [3.8, 4) is 0 Å². The number of amides is 1. The van der Waals surface area contributed by atoms with Crippen LogP contribution in [0.15, 0.2) is 36.4 Å². The molecule has 1 amide bonds. The van der Waals surface area contributed by atoms with Crippen molar-refractivity contribution >= 4 is 17.4 Å². The second-order valence-corrected chi connectivity index (χ2v) is 3.97. The number of benzene rings is 1. The van der Waals surface area contributed by atoms with Crippen molar-refractivity contribution in [1.82, 2.24) is 4.98 Å². The Morgan fingerprint density at radius 3 is 2.79 bits per heavy atom. The summed E-state index contributed by atoms with van der Waals surface area (Å²) in [4.78, 5) is 15.9. The monoisotopic (exact) mass is 260 g/mol. The Morgan fingerprint density at radius 1 is 1.32 bits per heavy atom. The normalized spacial score (nSPS) is 10.1. The Kier molecular flexibility index (Phi) is 3.72. The summed E-state index contributed by atoms with van der Waals surface area (Å²) in [5, 5.41) is 2.64. The van der Waals surface area contributed by atoms with Crippen LogP contribution in [0.3, 0.4) is 0 Å². The fraction of sp³-hybridized carbons (Fsp3) is 0.0769. The van der Waals surface area contributed by atoms with Gasteiger partial charge in [-0.1, -0.05) is 6.07 Å². The molecule has 0 bridgehead atoms. The number of pyridine rings is 1. The van der Waals surface area contributed by atoms with E-state index in [1.165, 1.54) is 12.1 Å². The Labute approximate surface area is 109 Å². The van der Waals surface area contributed by atoms with E-state index < -0.39 is 0 Å². The van der Waals surface area contributed by atoms with Crippen LogP contribution in [0.25, 0.3) is 0 Å². The number of hydrazine groups is 1. The summed E-state index contributed by atoms with van der Waals surface area (Å²) < 4.78 is 13.1. The van der Waals surface area contributed by atoms with E-state index in [-0.39, 0.29) is 17.4 Å². The maximum Gasteiger partial charge on any atom is 0.274 e. The van der Waals surface area contributed by atoms with Crippen molar-refractivity contribution in [3.63, 3.8) is 0 Å². The van der Waals surface area contributed by atoms with Crippen LogP contribution in [-0.2, 0) is 0 Å². The second-order valence-electron chi connectivity index (χ2n) is 3.97. The van der Waals surface area contributed by atoms with Gasteiger partial charge in [0.2, 0.25) is 0 Å². The molecule has 0 spiro atoms. The van der Waals surface area contributed by atoms with Crippen molar-refractivity contribution in [2.75, 3.05) is 10.7 Å². The molecule has 1 heterocycles. The Hall–Kier alpha value is -2.47. The molecule has 5 nitrogen and oxygen atoms in total. The van der Waals surface area contributed by atoms with Crippen molar-refractivity contribution < 1.29 is 9.18 Å². The van der Waals surface area contributed by atoms with Crippen molar-refractivity contribution in [2.45, 2.75) is 6.92 Å². The van der Waals surface area contributed by atoms with E-state index in [1.807, 2.05) is 0 Å². The topological polar surface area (TPSA) is 80.0 Å². The van der Waals surface area contributed by atoms with E-state index in [0.717, 1.165) is 0 Å². The SMILES string of the molecule is Cc1cc(NC(=O)c2cccc(NN)n2)ccc1F. The molecule has 0 saturated heterocycles. The molecular formula is C13H13FN4O. The van der Waals surface area contributed by atoms with Gasteiger partial charge in [-0.25, -0.2) is 15.2 Å². The zero-order valence-corrected chi connectivity index (χ0v) is 10.3. The fourth-order valence-electron chi connectivity index (χ4n) is 1.56. The quantitative estimate of drug-likeness (QED) is 0.583. The number of anilines is 2. The first-order chi connectivity index (χ1) is 9.10. The Bertz CT molecular complexity index is 615. The number of hydrogen-bond acceptors (Lipinski definition) is 4. The first-order valence-corrected chi connectivity index (χ1v) is 5.61. The lowest BCUT2D eigenvalue weighted by Crippen LogP contribution is -2.16. The van der Waals surface area contributed by atoms with E-state index in [9.17, 15) is 9.18 Å². The first kappa shape index (κ1) is 13.0. The van der Waals surface area contributed by atoms with Gasteiger partial charge in [-0.15, -0.1) is 0 Å². The number of rotatable bonds is 3. The number of carbonyl (C=O) groups is 1. The maximum atomic E-state index is 13.1. The minimum atomic E-state index is -0.386. The molecule has 0 fully saturated rings. The van der Waals surface area contributed by atoms with Crippen LogP contribution in [0, 0.1) is 12.7 Å². The van der Waals surface area contributed by atoms with Crippen LogP contribution in [0.5, 0.6) is 0 Å². The minimum Gasteiger partial charge on any atom is -0.321 e. The summed E-state index contributed by atoms with van der Waals surface area (Å²) in [7, 11) is 0. The number of nitrogens with one attached hydrogen (secondary N) is 2. The highest BCUT2D eigenvalue weighted by atomic mass is 19.1. The summed E-state index contributed by atoms with van der Waals surface area (Å²) in [6, 6.07) is 9.21. The molecule has 0 atom stereocenters. The molecule has 2 aromatic rings. The molecule has 0 unspecified atom stereocenters. The summed E-state index contributed by atoms with van der Waals surface area (Å²) in [5.41, 5.74) is 3.55. The second kappa shape index (κ2) is 5.45. The lowest BCUT2D eigenvalue weighted by molar-refractivity contribution is 0.102. The lowest BCUT2D eigenvalue weighted by atomic mass is 10.2. The molecule has 0 saturated carbocycles. The first-order valence-electron chi connectivity index (χ1n) is 5.61. The third-order valence-electron chi connectivity index (χ3n) is 2.55. The fourth-order valence-corrected chi connectivity index (χ4v) is 1.56. The number of halogens is 1. The highest BCUT2D eigenvalue weighted by Crippen LogP contribution is 2.14. The van der Waals surface area contributed by atoms with E-state index in [4.69, 9.17) is 5.84 Å². The number of aromatic nitrogens is 1. The molecule has 6 heteroatoms. The number of aryl methyl sites for hydroxylation is 1. The van der Waals surface area contributed by atoms with Crippen molar-refractivity contribution in [3.05, 3.63) is 53.5 Å². The molecule has 0 radical (unpaired) electrons. The van der Waals surface area contributed by atoms with Crippen LogP contribution in [0.4, 0.5) is 15.9 Å². The van der Waals surface area contributed by atoms with Gasteiger partial charge >= 0.3 is 0 Å². The van der Waals surface area contributed by atoms with Crippen LogP contribution in [0.2, 0.25) is 0 Å². The van der Waals surface area contributed by atoms with Crippen LogP contribution in [0.1, 0.15) is 16.1 Å². The Morgan fingerprint density at radius 2 is 2.11 bits per heavy atom.